The van der Waals surface area contributed by atoms with E-state index in [2.05, 4.69) is 4.98 Å². The Hall–Kier alpha value is -1.38. The minimum atomic E-state index is -1.06. The zero-order valence-corrected chi connectivity index (χ0v) is 6.86. The van der Waals surface area contributed by atoms with Crippen molar-refractivity contribution in [1.29, 1.82) is 0 Å². The van der Waals surface area contributed by atoms with Crippen molar-refractivity contribution in [2.24, 2.45) is 0 Å². The summed E-state index contributed by atoms with van der Waals surface area (Å²) >= 11 is 0. The van der Waals surface area contributed by atoms with Gasteiger partial charge in [-0.25, -0.2) is 9.90 Å². The monoisotopic (exact) mass is 164 g/mol. The van der Waals surface area contributed by atoms with Gasteiger partial charge in [-0.3, -0.25) is 4.98 Å². The van der Waals surface area contributed by atoms with Crippen molar-refractivity contribution < 1.29 is 9.90 Å². The number of hydrogen-bond donors (Lipinski definition) is 0. The average Bonchev–Trinajstić information content (AvgIpc) is 2.07. The second-order valence-corrected chi connectivity index (χ2v) is 2.53. The zero-order chi connectivity index (χ0) is 8.97. The summed E-state index contributed by atoms with van der Waals surface area (Å²) in [6.45, 7) is 1.80. The van der Waals surface area contributed by atoms with Gasteiger partial charge in [-0.1, -0.05) is 13.0 Å². The Kier molecular flexibility index (Phi) is 2.80. The van der Waals surface area contributed by atoms with Crippen LogP contribution in [-0.4, -0.2) is 11.0 Å². The van der Waals surface area contributed by atoms with Crippen LogP contribution in [0.2, 0.25) is 0 Å². The first-order chi connectivity index (χ1) is 5.75. The Morgan fingerprint density at radius 2 is 2.33 bits per heavy atom. The van der Waals surface area contributed by atoms with E-state index in [-0.39, 0.29) is 0 Å². The summed E-state index contributed by atoms with van der Waals surface area (Å²) in [5, 5.41) is 10.6. The van der Waals surface area contributed by atoms with Crippen molar-refractivity contribution >= 4 is 5.97 Å². The van der Waals surface area contributed by atoms with E-state index in [1.54, 1.807) is 31.3 Å². The van der Waals surface area contributed by atoms with Crippen LogP contribution in [0.5, 0.6) is 0 Å². The molecule has 0 aliphatic carbocycles. The molecule has 1 heterocycles. The molecule has 0 amide bonds. The van der Waals surface area contributed by atoms with E-state index in [1.165, 1.54) is 0 Å². The van der Waals surface area contributed by atoms with Gasteiger partial charge in [0.05, 0.1) is 5.69 Å². The van der Waals surface area contributed by atoms with Gasteiger partial charge in [-0.15, -0.1) is 0 Å². The molecule has 0 N–H and O–H groups in total. The molecule has 0 aliphatic heterocycles. The van der Waals surface area contributed by atoms with Crippen LogP contribution in [0.1, 0.15) is 25.0 Å². The maximum atomic E-state index is 10.6. The molecule has 3 heteroatoms. The van der Waals surface area contributed by atoms with Gasteiger partial charge < -0.3 is 0 Å². The fourth-order valence-corrected chi connectivity index (χ4v) is 1.08. The van der Waals surface area contributed by atoms with Crippen LogP contribution in [0, 0.1) is 0 Å². The minimum absolute atomic E-state index is 0.513. The van der Waals surface area contributed by atoms with Crippen molar-refractivity contribution in [3.63, 3.8) is 0 Å². The average molecular weight is 164 g/mol. The zero-order valence-electron chi connectivity index (χ0n) is 6.86. The fraction of sp³-hybridized carbons (Fsp3) is 0.333. The second-order valence-electron chi connectivity index (χ2n) is 2.53. The lowest BCUT2D eigenvalue weighted by molar-refractivity contribution is -0.145. The molecule has 0 saturated heterocycles. The normalized spacial score (nSPS) is 12.4. The van der Waals surface area contributed by atoms with E-state index in [9.17, 15) is 9.90 Å². The molecule has 1 aromatic heterocycles. The van der Waals surface area contributed by atoms with Crippen molar-refractivity contribution in [1.82, 2.24) is 4.98 Å². The van der Waals surface area contributed by atoms with E-state index in [0.29, 0.717) is 12.1 Å². The van der Waals surface area contributed by atoms with Gasteiger partial charge in [0.2, 0.25) is 0 Å². The van der Waals surface area contributed by atoms with E-state index in [4.69, 9.17) is 0 Å². The smallest absolute Gasteiger partial charge is 0.260 e. The van der Waals surface area contributed by atoms with E-state index in [0.717, 1.165) is 0 Å². The summed E-state index contributed by atoms with van der Waals surface area (Å²) in [4.78, 5) is 14.5. The number of carbonyl (C=O) groups is 1. The molecule has 0 saturated carbocycles. The lowest BCUT2D eigenvalue weighted by atomic mass is 10.0. The number of carbonyl (C=O) groups excluding carboxylic acids is 1. The lowest BCUT2D eigenvalue weighted by Crippen LogP contribution is -2.10. The number of hydrogen-bond acceptors (Lipinski definition) is 2. The Morgan fingerprint density at radius 3 is 2.75 bits per heavy atom. The Labute approximate surface area is 71.1 Å². The first-order valence-corrected chi connectivity index (χ1v) is 3.87. The highest BCUT2D eigenvalue weighted by Gasteiger charge is 2.19. The van der Waals surface area contributed by atoms with Crippen molar-refractivity contribution in [2.75, 3.05) is 0 Å². The molecular weight excluding hydrogens is 154 g/mol. The number of aromatic nitrogens is 1. The molecule has 3 nitrogen and oxygen atoms in total. The molecule has 0 aliphatic rings. The molecule has 0 bridgehead atoms. The third-order valence-corrected chi connectivity index (χ3v) is 1.74. The SMILES string of the molecule is CCC(C([O])=O)c1ccccn1. The van der Waals surface area contributed by atoms with Crippen LogP contribution in [0.4, 0.5) is 0 Å². The molecule has 1 unspecified atom stereocenters. The highest BCUT2D eigenvalue weighted by Crippen LogP contribution is 2.16. The molecule has 63 valence electrons. The minimum Gasteiger partial charge on any atom is -0.260 e. The van der Waals surface area contributed by atoms with Crippen LogP contribution in [0.25, 0.3) is 0 Å². The largest absolute Gasteiger partial charge is 0.364 e. The molecule has 0 aromatic carbocycles. The summed E-state index contributed by atoms with van der Waals surface area (Å²) in [5.74, 6) is -1.64. The van der Waals surface area contributed by atoms with Gasteiger partial charge in [0, 0.05) is 6.20 Å². The van der Waals surface area contributed by atoms with E-state index in [1.807, 2.05) is 0 Å². The summed E-state index contributed by atoms with van der Waals surface area (Å²) in [5.41, 5.74) is 0.569. The van der Waals surface area contributed by atoms with Crippen LogP contribution in [0.15, 0.2) is 24.4 Å². The van der Waals surface area contributed by atoms with Crippen LogP contribution in [-0.2, 0) is 9.90 Å². The number of nitrogens with zero attached hydrogens (tertiary/aromatic N) is 1. The van der Waals surface area contributed by atoms with E-state index < -0.39 is 11.9 Å². The molecule has 1 atom stereocenters. The molecular formula is C9H10NO2. The molecule has 12 heavy (non-hydrogen) atoms. The van der Waals surface area contributed by atoms with Crippen LogP contribution < -0.4 is 0 Å². The van der Waals surface area contributed by atoms with Gasteiger partial charge in [-0.05, 0) is 18.6 Å². The topological polar surface area (TPSA) is 49.9 Å². The summed E-state index contributed by atoms with van der Waals surface area (Å²) < 4.78 is 0. The summed E-state index contributed by atoms with van der Waals surface area (Å²) in [6.07, 6.45) is 2.10. The van der Waals surface area contributed by atoms with Gasteiger partial charge in [-0.2, -0.15) is 0 Å². The van der Waals surface area contributed by atoms with Gasteiger partial charge in [0.25, 0.3) is 0 Å². The first kappa shape index (κ1) is 8.71. The standard InChI is InChI=1S/C9H10NO2/c1-2-7(9(11)12)8-5-3-4-6-10-8/h3-7H,2H2,1H3. The van der Waals surface area contributed by atoms with Crippen LogP contribution in [0.3, 0.4) is 0 Å². The summed E-state index contributed by atoms with van der Waals surface area (Å²) in [6, 6.07) is 5.23. The maximum absolute atomic E-state index is 10.6. The van der Waals surface area contributed by atoms with E-state index >= 15 is 0 Å². The Morgan fingerprint density at radius 1 is 1.58 bits per heavy atom. The molecule has 0 spiro atoms. The van der Waals surface area contributed by atoms with Crippen molar-refractivity contribution in [3.05, 3.63) is 30.1 Å². The predicted octanol–water partition coefficient (Wildman–Crippen LogP) is 1.53. The molecule has 1 radical (unpaired) electrons. The Balaban J connectivity index is 2.88. The third-order valence-electron chi connectivity index (χ3n) is 1.74. The first-order valence-electron chi connectivity index (χ1n) is 3.87. The number of rotatable bonds is 3. The highest BCUT2D eigenvalue weighted by molar-refractivity contribution is 5.74. The third kappa shape index (κ3) is 1.81. The Bertz CT molecular complexity index is 258. The predicted molar refractivity (Wildman–Crippen MR) is 43.0 cm³/mol. The quantitative estimate of drug-likeness (QED) is 0.680. The van der Waals surface area contributed by atoms with Crippen molar-refractivity contribution in [2.45, 2.75) is 19.3 Å². The van der Waals surface area contributed by atoms with Gasteiger partial charge in [0.15, 0.2) is 0 Å². The van der Waals surface area contributed by atoms with Crippen molar-refractivity contribution in [3.8, 4) is 0 Å². The molecule has 1 aromatic rings. The van der Waals surface area contributed by atoms with Crippen LogP contribution >= 0.6 is 0 Å². The number of pyridine rings is 1. The highest BCUT2D eigenvalue weighted by atomic mass is 16.4. The lowest BCUT2D eigenvalue weighted by Gasteiger charge is -2.05. The summed E-state index contributed by atoms with van der Waals surface area (Å²) in [7, 11) is 0. The second kappa shape index (κ2) is 3.85. The van der Waals surface area contributed by atoms with Gasteiger partial charge >= 0.3 is 5.97 Å². The molecule has 0 fully saturated rings. The maximum Gasteiger partial charge on any atom is 0.364 e. The molecule has 1 rings (SSSR count). The fourth-order valence-electron chi connectivity index (χ4n) is 1.08. The van der Waals surface area contributed by atoms with Gasteiger partial charge in [0.1, 0.15) is 5.92 Å².